The average molecular weight is 359 g/mol. The summed E-state index contributed by atoms with van der Waals surface area (Å²) in [6.45, 7) is 5.86. The highest BCUT2D eigenvalue weighted by atomic mass is 16.2. The van der Waals surface area contributed by atoms with E-state index in [9.17, 15) is 14.4 Å². The molecule has 1 fully saturated rings. The van der Waals surface area contributed by atoms with Crippen LogP contribution >= 0.6 is 0 Å². The summed E-state index contributed by atoms with van der Waals surface area (Å²) in [5, 5.41) is 3.05. The topological polar surface area (TPSA) is 69.7 Å². The molecule has 2 rings (SSSR count). The van der Waals surface area contributed by atoms with Crippen LogP contribution in [0, 0.1) is 0 Å². The van der Waals surface area contributed by atoms with Gasteiger partial charge in [-0.05, 0) is 12.0 Å². The van der Waals surface area contributed by atoms with Crippen molar-refractivity contribution in [2.75, 3.05) is 26.2 Å². The number of carbonyl (C=O) groups is 3. The van der Waals surface area contributed by atoms with Gasteiger partial charge in [-0.15, -0.1) is 0 Å². The van der Waals surface area contributed by atoms with E-state index in [0.29, 0.717) is 26.2 Å². The maximum Gasteiger partial charge on any atom is 0.223 e. The first kappa shape index (κ1) is 19.9. The molecule has 1 aliphatic rings. The van der Waals surface area contributed by atoms with Crippen molar-refractivity contribution in [3.05, 3.63) is 35.9 Å². The smallest absolute Gasteiger partial charge is 0.223 e. The van der Waals surface area contributed by atoms with E-state index < -0.39 is 0 Å². The maximum absolute atomic E-state index is 12.3. The standard InChI is InChI=1S/C20H29N3O3/c1-3-7-18(17-8-5-4-6-9-17)21-19(25)10-11-20(26)23-14-12-22(13-15-23)16(2)24/h4-6,8-9,18H,3,7,10-15H2,1-2H3,(H,21,25)/t18-/m1/s1. The van der Waals surface area contributed by atoms with Crippen molar-refractivity contribution in [3.8, 4) is 0 Å². The molecule has 1 atom stereocenters. The summed E-state index contributed by atoms with van der Waals surface area (Å²) in [6.07, 6.45) is 2.24. The van der Waals surface area contributed by atoms with Crippen LogP contribution < -0.4 is 5.32 Å². The first-order valence-electron chi connectivity index (χ1n) is 9.38. The highest BCUT2D eigenvalue weighted by Crippen LogP contribution is 2.18. The monoisotopic (exact) mass is 359 g/mol. The van der Waals surface area contributed by atoms with Crippen LogP contribution in [0.1, 0.15) is 51.1 Å². The Morgan fingerprint density at radius 2 is 1.62 bits per heavy atom. The van der Waals surface area contributed by atoms with Crippen molar-refractivity contribution in [2.45, 2.75) is 45.6 Å². The molecule has 3 amide bonds. The fourth-order valence-corrected chi connectivity index (χ4v) is 3.21. The molecule has 0 unspecified atom stereocenters. The van der Waals surface area contributed by atoms with Gasteiger partial charge in [-0.3, -0.25) is 14.4 Å². The van der Waals surface area contributed by atoms with Gasteiger partial charge in [-0.1, -0.05) is 43.7 Å². The number of rotatable bonds is 7. The number of hydrogen-bond acceptors (Lipinski definition) is 3. The van der Waals surface area contributed by atoms with Gasteiger partial charge in [0.05, 0.1) is 6.04 Å². The summed E-state index contributed by atoms with van der Waals surface area (Å²) >= 11 is 0. The third kappa shape index (κ3) is 5.86. The number of carbonyl (C=O) groups excluding carboxylic acids is 3. The molecule has 0 radical (unpaired) electrons. The van der Waals surface area contributed by atoms with Crippen molar-refractivity contribution < 1.29 is 14.4 Å². The molecule has 6 heteroatoms. The van der Waals surface area contributed by atoms with Crippen molar-refractivity contribution in [1.29, 1.82) is 0 Å². The molecule has 6 nitrogen and oxygen atoms in total. The van der Waals surface area contributed by atoms with Crippen LogP contribution in [0.4, 0.5) is 0 Å². The number of hydrogen-bond donors (Lipinski definition) is 1. The van der Waals surface area contributed by atoms with Crippen LogP contribution in [0.3, 0.4) is 0 Å². The first-order valence-corrected chi connectivity index (χ1v) is 9.38. The van der Waals surface area contributed by atoms with E-state index in [-0.39, 0.29) is 36.6 Å². The minimum atomic E-state index is -0.0944. The van der Waals surface area contributed by atoms with Crippen LogP contribution in [-0.2, 0) is 14.4 Å². The SMILES string of the molecule is CCC[C@@H](NC(=O)CCC(=O)N1CCN(C(C)=O)CC1)c1ccccc1. The lowest BCUT2D eigenvalue weighted by atomic mass is 10.0. The molecule has 1 aliphatic heterocycles. The minimum absolute atomic E-state index is 0.0112. The summed E-state index contributed by atoms with van der Waals surface area (Å²) in [6, 6.07) is 9.91. The summed E-state index contributed by atoms with van der Waals surface area (Å²) < 4.78 is 0. The zero-order chi connectivity index (χ0) is 18.9. The van der Waals surface area contributed by atoms with Crippen LogP contribution in [0.2, 0.25) is 0 Å². The van der Waals surface area contributed by atoms with Gasteiger partial charge in [0.25, 0.3) is 0 Å². The van der Waals surface area contributed by atoms with Gasteiger partial charge < -0.3 is 15.1 Å². The van der Waals surface area contributed by atoms with Gasteiger partial charge in [-0.25, -0.2) is 0 Å². The van der Waals surface area contributed by atoms with Gasteiger partial charge in [0, 0.05) is 45.9 Å². The normalized spacial score (nSPS) is 15.5. The van der Waals surface area contributed by atoms with Crippen molar-refractivity contribution >= 4 is 17.7 Å². The van der Waals surface area contributed by atoms with E-state index in [4.69, 9.17) is 0 Å². The van der Waals surface area contributed by atoms with Gasteiger partial charge in [-0.2, -0.15) is 0 Å². The van der Waals surface area contributed by atoms with Crippen molar-refractivity contribution in [1.82, 2.24) is 15.1 Å². The molecule has 1 heterocycles. The third-order valence-electron chi connectivity index (χ3n) is 4.76. The second-order valence-corrected chi connectivity index (χ2v) is 6.71. The van der Waals surface area contributed by atoms with Gasteiger partial charge >= 0.3 is 0 Å². The zero-order valence-corrected chi connectivity index (χ0v) is 15.7. The molecule has 0 aromatic heterocycles. The summed E-state index contributed by atoms with van der Waals surface area (Å²) in [4.78, 5) is 39.4. The Morgan fingerprint density at radius 3 is 2.19 bits per heavy atom. The van der Waals surface area contributed by atoms with E-state index in [1.54, 1.807) is 16.7 Å². The van der Waals surface area contributed by atoms with E-state index in [2.05, 4.69) is 12.2 Å². The fraction of sp³-hybridized carbons (Fsp3) is 0.550. The van der Waals surface area contributed by atoms with E-state index >= 15 is 0 Å². The van der Waals surface area contributed by atoms with Gasteiger partial charge in [0.2, 0.25) is 17.7 Å². The second kappa shape index (κ2) is 9.94. The lowest BCUT2D eigenvalue weighted by Crippen LogP contribution is -2.50. The zero-order valence-electron chi connectivity index (χ0n) is 15.7. The predicted molar refractivity (Wildman–Crippen MR) is 100 cm³/mol. The van der Waals surface area contributed by atoms with Crippen LogP contribution in [0.25, 0.3) is 0 Å². The van der Waals surface area contributed by atoms with E-state index in [0.717, 1.165) is 18.4 Å². The molecule has 0 bridgehead atoms. The molecular formula is C20H29N3O3. The van der Waals surface area contributed by atoms with Gasteiger partial charge in [0.15, 0.2) is 0 Å². The Labute approximate surface area is 155 Å². The average Bonchev–Trinajstić information content (AvgIpc) is 2.66. The number of piperazine rings is 1. The quantitative estimate of drug-likeness (QED) is 0.811. The van der Waals surface area contributed by atoms with E-state index in [1.807, 2.05) is 30.3 Å². The molecule has 142 valence electrons. The van der Waals surface area contributed by atoms with Crippen LogP contribution in [0.5, 0.6) is 0 Å². The summed E-state index contributed by atoms with van der Waals surface area (Å²) in [7, 11) is 0. The minimum Gasteiger partial charge on any atom is -0.349 e. The van der Waals surface area contributed by atoms with Crippen molar-refractivity contribution in [2.24, 2.45) is 0 Å². The first-order chi connectivity index (χ1) is 12.5. The molecule has 1 N–H and O–H groups in total. The summed E-state index contributed by atoms with van der Waals surface area (Å²) in [5.74, 6) is -0.0718. The van der Waals surface area contributed by atoms with Gasteiger partial charge in [0.1, 0.15) is 0 Å². The number of nitrogens with zero attached hydrogens (tertiary/aromatic N) is 2. The highest BCUT2D eigenvalue weighted by molar-refractivity contribution is 5.84. The highest BCUT2D eigenvalue weighted by Gasteiger charge is 2.23. The molecule has 0 aliphatic carbocycles. The number of nitrogens with one attached hydrogen (secondary N) is 1. The Kier molecular flexibility index (Phi) is 7.63. The Bertz CT molecular complexity index is 610. The predicted octanol–water partition coefficient (Wildman–Crippen LogP) is 2.11. The summed E-state index contributed by atoms with van der Waals surface area (Å²) in [5.41, 5.74) is 1.09. The number of amides is 3. The molecule has 1 saturated heterocycles. The van der Waals surface area contributed by atoms with Crippen molar-refractivity contribution in [3.63, 3.8) is 0 Å². The largest absolute Gasteiger partial charge is 0.349 e. The maximum atomic E-state index is 12.3. The van der Waals surface area contributed by atoms with Crippen LogP contribution in [0.15, 0.2) is 30.3 Å². The lowest BCUT2D eigenvalue weighted by molar-refractivity contribution is -0.139. The Hall–Kier alpha value is -2.37. The Morgan fingerprint density at radius 1 is 1.00 bits per heavy atom. The molecule has 0 spiro atoms. The lowest BCUT2D eigenvalue weighted by Gasteiger charge is -2.34. The second-order valence-electron chi connectivity index (χ2n) is 6.71. The fourth-order valence-electron chi connectivity index (χ4n) is 3.21. The van der Waals surface area contributed by atoms with E-state index in [1.165, 1.54) is 0 Å². The number of benzene rings is 1. The Balaban J connectivity index is 1.78. The molecule has 26 heavy (non-hydrogen) atoms. The third-order valence-corrected chi connectivity index (χ3v) is 4.76. The molecule has 0 saturated carbocycles. The molecular weight excluding hydrogens is 330 g/mol. The molecule has 1 aromatic rings. The van der Waals surface area contributed by atoms with Crippen LogP contribution in [-0.4, -0.2) is 53.7 Å². The molecule has 1 aromatic carbocycles.